The zero-order valence-corrected chi connectivity index (χ0v) is 12.8. The van der Waals surface area contributed by atoms with Crippen molar-refractivity contribution in [3.8, 4) is 0 Å². The predicted octanol–water partition coefficient (Wildman–Crippen LogP) is 3.63. The SMILES string of the molecule is COCCCn1cnnc1SCc1cccc(C(F)(F)F)c1. The maximum atomic E-state index is 12.7. The Morgan fingerprint density at radius 3 is 2.86 bits per heavy atom. The van der Waals surface area contributed by atoms with Crippen molar-refractivity contribution in [2.45, 2.75) is 30.1 Å². The van der Waals surface area contributed by atoms with E-state index < -0.39 is 11.7 Å². The summed E-state index contributed by atoms with van der Waals surface area (Å²) in [5, 5.41) is 8.52. The molecule has 0 saturated carbocycles. The molecule has 1 aromatic carbocycles. The fourth-order valence-electron chi connectivity index (χ4n) is 1.87. The summed E-state index contributed by atoms with van der Waals surface area (Å²) in [5.74, 6) is 0.410. The first-order valence-electron chi connectivity index (χ1n) is 6.66. The van der Waals surface area contributed by atoms with Crippen LogP contribution >= 0.6 is 11.8 Å². The Hall–Kier alpha value is -1.54. The molecule has 0 amide bonds. The number of thioether (sulfide) groups is 1. The number of halogens is 3. The Bertz CT molecular complexity index is 601. The van der Waals surface area contributed by atoms with Crippen LogP contribution in [0, 0.1) is 0 Å². The van der Waals surface area contributed by atoms with E-state index in [1.807, 2.05) is 4.57 Å². The summed E-state index contributed by atoms with van der Waals surface area (Å²) in [6.07, 6.45) is -1.88. The molecule has 8 heteroatoms. The molecule has 0 aliphatic rings. The number of benzene rings is 1. The molecule has 0 fully saturated rings. The Morgan fingerprint density at radius 2 is 2.14 bits per heavy atom. The van der Waals surface area contributed by atoms with E-state index in [9.17, 15) is 13.2 Å². The van der Waals surface area contributed by atoms with Crippen molar-refractivity contribution in [2.75, 3.05) is 13.7 Å². The highest BCUT2D eigenvalue weighted by molar-refractivity contribution is 7.98. The number of alkyl halides is 3. The van der Waals surface area contributed by atoms with Gasteiger partial charge in [0.2, 0.25) is 0 Å². The second-order valence-corrected chi connectivity index (χ2v) is 5.58. The molecule has 1 aromatic heterocycles. The summed E-state index contributed by atoms with van der Waals surface area (Å²) in [4.78, 5) is 0. The van der Waals surface area contributed by atoms with E-state index in [-0.39, 0.29) is 0 Å². The molecule has 22 heavy (non-hydrogen) atoms. The Balaban J connectivity index is 1.97. The third kappa shape index (κ3) is 4.74. The first-order chi connectivity index (χ1) is 10.5. The number of hydrogen-bond acceptors (Lipinski definition) is 4. The van der Waals surface area contributed by atoms with Gasteiger partial charge in [0.1, 0.15) is 6.33 Å². The summed E-state index contributed by atoms with van der Waals surface area (Å²) >= 11 is 1.37. The zero-order chi connectivity index (χ0) is 16.0. The molecule has 0 spiro atoms. The van der Waals surface area contributed by atoms with Crippen molar-refractivity contribution in [3.63, 3.8) is 0 Å². The van der Waals surface area contributed by atoms with Crippen LogP contribution in [0.25, 0.3) is 0 Å². The highest BCUT2D eigenvalue weighted by Crippen LogP contribution is 2.30. The maximum absolute atomic E-state index is 12.7. The maximum Gasteiger partial charge on any atom is 0.416 e. The van der Waals surface area contributed by atoms with Crippen molar-refractivity contribution in [3.05, 3.63) is 41.7 Å². The molecule has 0 atom stereocenters. The quantitative estimate of drug-likeness (QED) is 0.574. The van der Waals surface area contributed by atoms with Gasteiger partial charge in [-0.2, -0.15) is 13.2 Å². The molecule has 0 radical (unpaired) electrons. The van der Waals surface area contributed by atoms with Gasteiger partial charge in [0.05, 0.1) is 5.56 Å². The molecular formula is C14H16F3N3OS. The second-order valence-electron chi connectivity index (χ2n) is 4.64. The van der Waals surface area contributed by atoms with Crippen LogP contribution in [-0.2, 0) is 23.2 Å². The lowest BCUT2D eigenvalue weighted by molar-refractivity contribution is -0.137. The normalized spacial score (nSPS) is 11.8. The summed E-state index contributed by atoms with van der Waals surface area (Å²) in [5.41, 5.74) is -0.0292. The van der Waals surface area contributed by atoms with Gasteiger partial charge in [-0.05, 0) is 18.1 Å². The molecule has 4 nitrogen and oxygen atoms in total. The van der Waals surface area contributed by atoms with Crippen LogP contribution in [0.15, 0.2) is 35.7 Å². The second kappa shape index (κ2) is 7.64. The van der Waals surface area contributed by atoms with Gasteiger partial charge in [-0.25, -0.2) is 0 Å². The average Bonchev–Trinajstić information content (AvgIpc) is 2.92. The smallest absolute Gasteiger partial charge is 0.385 e. The number of ether oxygens (including phenoxy) is 1. The lowest BCUT2D eigenvalue weighted by atomic mass is 10.1. The molecule has 120 valence electrons. The minimum atomic E-state index is -4.32. The molecule has 0 aliphatic carbocycles. The average molecular weight is 331 g/mol. The standard InChI is InChI=1S/C14H16F3N3OS/c1-21-7-3-6-20-10-18-19-13(20)22-9-11-4-2-5-12(8-11)14(15,16)17/h2,4-5,8,10H,3,6-7,9H2,1H3. The first kappa shape index (κ1) is 16.8. The monoisotopic (exact) mass is 331 g/mol. The lowest BCUT2D eigenvalue weighted by Crippen LogP contribution is -2.05. The van der Waals surface area contributed by atoms with E-state index in [1.165, 1.54) is 23.9 Å². The van der Waals surface area contributed by atoms with Gasteiger partial charge in [0.25, 0.3) is 0 Å². The third-order valence-electron chi connectivity index (χ3n) is 2.95. The van der Waals surface area contributed by atoms with E-state index in [0.29, 0.717) is 29.6 Å². The molecule has 0 saturated heterocycles. The van der Waals surface area contributed by atoms with Gasteiger partial charge >= 0.3 is 6.18 Å². The molecule has 0 unspecified atom stereocenters. The molecule has 0 N–H and O–H groups in total. The van der Waals surface area contributed by atoms with Crippen molar-refractivity contribution >= 4 is 11.8 Å². The van der Waals surface area contributed by atoms with Crippen molar-refractivity contribution in [1.82, 2.24) is 14.8 Å². The fraction of sp³-hybridized carbons (Fsp3) is 0.429. The van der Waals surface area contributed by atoms with E-state index in [2.05, 4.69) is 10.2 Å². The van der Waals surface area contributed by atoms with Crippen LogP contribution in [0.4, 0.5) is 13.2 Å². The van der Waals surface area contributed by atoms with Gasteiger partial charge in [-0.1, -0.05) is 30.0 Å². The largest absolute Gasteiger partial charge is 0.416 e. The van der Waals surface area contributed by atoms with Crippen molar-refractivity contribution in [2.24, 2.45) is 0 Å². The van der Waals surface area contributed by atoms with E-state index in [1.54, 1.807) is 19.5 Å². The van der Waals surface area contributed by atoms with Gasteiger partial charge in [0, 0.05) is 26.0 Å². The molecule has 0 aliphatic heterocycles. The summed E-state index contributed by atoms with van der Waals surface area (Å²) < 4.78 is 44.9. The highest BCUT2D eigenvalue weighted by Gasteiger charge is 2.30. The summed E-state index contributed by atoms with van der Waals surface area (Å²) in [7, 11) is 1.63. The van der Waals surface area contributed by atoms with Crippen LogP contribution in [0.1, 0.15) is 17.5 Å². The minimum absolute atomic E-state index is 0.410. The zero-order valence-electron chi connectivity index (χ0n) is 12.0. The Kier molecular flexibility index (Phi) is 5.84. The van der Waals surface area contributed by atoms with Crippen LogP contribution in [0.2, 0.25) is 0 Å². The Labute approximate surface area is 130 Å². The number of rotatable bonds is 7. The number of nitrogens with zero attached hydrogens (tertiary/aromatic N) is 3. The minimum Gasteiger partial charge on any atom is -0.385 e. The number of hydrogen-bond donors (Lipinski definition) is 0. The summed E-state index contributed by atoms with van der Waals surface area (Å²) in [6, 6.07) is 5.33. The van der Waals surface area contributed by atoms with Crippen LogP contribution in [0.3, 0.4) is 0 Å². The molecule has 2 rings (SSSR count). The first-order valence-corrected chi connectivity index (χ1v) is 7.65. The van der Waals surface area contributed by atoms with E-state index >= 15 is 0 Å². The number of aromatic nitrogens is 3. The van der Waals surface area contributed by atoms with E-state index in [4.69, 9.17) is 4.74 Å². The van der Waals surface area contributed by atoms with Gasteiger partial charge in [-0.15, -0.1) is 10.2 Å². The van der Waals surface area contributed by atoms with Gasteiger partial charge < -0.3 is 9.30 Å². The van der Waals surface area contributed by atoms with Crippen LogP contribution < -0.4 is 0 Å². The lowest BCUT2D eigenvalue weighted by Gasteiger charge is -2.09. The third-order valence-corrected chi connectivity index (χ3v) is 4.00. The van der Waals surface area contributed by atoms with Crippen molar-refractivity contribution in [1.29, 1.82) is 0 Å². The number of aryl methyl sites for hydroxylation is 1. The van der Waals surface area contributed by atoms with Gasteiger partial charge in [0.15, 0.2) is 5.16 Å². The molecule has 0 bridgehead atoms. The summed E-state index contributed by atoms with van der Waals surface area (Å²) in [6.45, 7) is 1.35. The molecular weight excluding hydrogens is 315 g/mol. The van der Waals surface area contributed by atoms with Crippen molar-refractivity contribution < 1.29 is 17.9 Å². The fourth-order valence-corrected chi connectivity index (χ4v) is 2.76. The topological polar surface area (TPSA) is 39.9 Å². The predicted molar refractivity (Wildman–Crippen MR) is 77.5 cm³/mol. The van der Waals surface area contributed by atoms with Gasteiger partial charge in [-0.3, -0.25) is 0 Å². The van der Waals surface area contributed by atoms with Crippen LogP contribution in [0.5, 0.6) is 0 Å². The highest BCUT2D eigenvalue weighted by atomic mass is 32.2. The van der Waals surface area contributed by atoms with Crippen LogP contribution in [-0.4, -0.2) is 28.5 Å². The Morgan fingerprint density at radius 1 is 1.32 bits per heavy atom. The number of methoxy groups -OCH3 is 1. The molecule has 1 heterocycles. The molecule has 2 aromatic rings. The van der Waals surface area contributed by atoms with E-state index in [0.717, 1.165) is 12.5 Å².